The van der Waals surface area contributed by atoms with Gasteiger partial charge in [-0.3, -0.25) is 0 Å². The number of aryl methyl sites for hydroxylation is 2. The van der Waals surface area contributed by atoms with Crippen LogP contribution in [0.25, 0.3) is 0 Å². The van der Waals surface area contributed by atoms with Crippen LogP contribution in [0.1, 0.15) is 43.0 Å². The van der Waals surface area contributed by atoms with E-state index in [4.69, 9.17) is 9.47 Å². The minimum absolute atomic E-state index is 0.595. The molecular weight excluding hydrogens is 264 g/mol. The molecule has 1 aromatic rings. The maximum Gasteiger partial charge on any atom is 0.218 e. The van der Waals surface area contributed by atoms with E-state index < -0.39 is 0 Å². The molecule has 21 heavy (non-hydrogen) atoms. The first-order valence-electron chi connectivity index (χ1n) is 8.09. The normalized spacial score (nSPS) is 16.1. The quantitative estimate of drug-likeness (QED) is 0.785. The standard InChI is InChI=1S/C17H28N2O2/c1-4-7-18-11-16-13(2)10-14(3)19-17(16)21-12-15-5-8-20-9-6-15/h10,15,18H,4-9,11-12H2,1-3H3. The van der Waals surface area contributed by atoms with Crippen LogP contribution in [0.2, 0.25) is 0 Å². The molecule has 0 atom stereocenters. The highest BCUT2D eigenvalue weighted by atomic mass is 16.5. The summed E-state index contributed by atoms with van der Waals surface area (Å²) in [4.78, 5) is 4.60. The van der Waals surface area contributed by atoms with Gasteiger partial charge in [0.2, 0.25) is 5.88 Å². The van der Waals surface area contributed by atoms with Crippen LogP contribution >= 0.6 is 0 Å². The number of hydrogen-bond acceptors (Lipinski definition) is 4. The summed E-state index contributed by atoms with van der Waals surface area (Å²) >= 11 is 0. The van der Waals surface area contributed by atoms with Gasteiger partial charge in [0.1, 0.15) is 0 Å². The Morgan fingerprint density at radius 1 is 1.33 bits per heavy atom. The van der Waals surface area contributed by atoms with Gasteiger partial charge >= 0.3 is 0 Å². The van der Waals surface area contributed by atoms with Crippen LogP contribution in [0.4, 0.5) is 0 Å². The van der Waals surface area contributed by atoms with Gasteiger partial charge in [0, 0.05) is 31.0 Å². The zero-order chi connectivity index (χ0) is 15.1. The van der Waals surface area contributed by atoms with Crippen molar-refractivity contribution in [2.24, 2.45) is 5.92 Å². The Morgan fingerprint density at radius 3 is 2.81 bits per heavy atom. The van der Waals surface area contributed by atoms with Crippen LogP contribution in [0.3, 0.4) is 0 Å². The molecule has 1 saturated heterocycles. The van der Waals surface area contributed by atoms with Crippen molar-refractivity contribution < 1.29 is 9.47 Å². The molecule has 2 heterocycles. The van der Waals surface area contributed by atoms with E-state index in [1.807, 2.05) is 6.92 Å². The van der Waals surface area contributed by atoms with Crippen LogP contribution in [-0.2, 0) is 11.3 Å². The maximum atomic E-state index is 6.06. The number of aromatic nitrogens is 1. The van der Waals surface area contributed by atoms with E-state index in [2.05, 4.69) is 30.2 Å². The van der Waals surface area contributed by atoms with Crippen LogP contribution in [0.15, 0.2) is 6.07 Å². The van der Waals surface area contributed by atoms with Crippen LogP contribution in [0.5, 0.6) is 5.88 Å². The third-order valence-corrected chi connectivity index (χ3v) is 3.96. The molecule has 0 aromatic carbocycles. The molecule has 2 rings (SSSR count). The number of rotatable bonds is 7. The molecule has 1 aliphatic heterocycles. The van der Waals surface area contributed by atoms with Gasteiger partial charge < -0.3 is 14.8 Å². The fourth-order valence-electron chi connectivity index (χ4n) is 2.66. The molecule has 0 bridgehead atoms. The summed E-state index contributed by atoms with van der Waals surface area (Å²) in [5.74, 6) is 1.40. The smallest absolute Gasteiger partial charge is 0.218 e. The minimum Gasteiger partial charge on any atom is -0.477 e. The van der Waals surface area contributed by atoms with Crippen molar-refractivity contribution in [3.8, 4) is 5.88 Å². The molecule has 4 nitrogen and oxygen atoms in total. The van der Waals surface area contributed by atoms with Gasteiger partial charge in [0.25, 0.3) is 0 Å². The van der Waals surface area contributed by atoms with Crippen molar-refractivity contribution in [3.05, 3.63) is 22.9 Å². The molecule has 0 radical (unpaired) electrons. The summed E-state index contributed by atoms with van der Waals surface area (Å²) in [6.07, 6.45) is 3.32. The average Bonchev–Trinajstić information content (AvgIpc) is 2.48. The molecule has 0 saturated carbocycles. The summed E-state index contributed by atoms with van der Waals surface area (Å²) in [6.45, 7) is 10.7. The predicted molar refractivity (Wildman–Crippen MR) is 84.7 cm³/mol. The van der Waals surface area contributed by atoms with Gasteiger partial charge in [-0.25, -0.2) is 4.98 Å². The fraction of sp³-hybridized carbons (Fsp3) is 0.706. The summed E-state index contributed by atoms with van der Waals surface area (Å²) in [5, 5.41) is 3.45. The third kappa shape index (κ3) is 4.97. The topological polar surface area (TPSA) is 43.4 Å². The summed E-state index contributed by atoms with van der Waals surface area (Å²) < 4.78 is 11.5. The highest BCUT2D eigenvalue weighted by Gasteiger charge is 2.16. The molecule has 1 aliphatic rings. The first kappa shape index (κ1) is 16.2. The molecule has 0 spiro atoms. The minimum atomic E-state index is 0.595. The first-order chi connectivity index (χ1) is 10.2. The average molecular weight is 292 g/mol. The highest BCUT2D eigenvalue weighted by molar-refractivity contribution is 5.35. The Balaban J connectivity index is 2.01. The fourth-order valence-corrected chi connectivity index (χ4v) is 2.66. The zero-order valence-electron chi connectivity index (χ0n) is 13.6. The lowest BCUT2D eigenvalue weighted by molar-refractivity contribution is 0.0488. The number of nitrogens with zero attached hydrogens (tertiary/aromatic N) is 1. The van der Waals surface area contributed by atoms with Gasteiger partial charge in [-0.15, -0.1) is 0 Å². The maximum absolute atomic E-state index is 6.06. The molecule has 1 N–H and O–H groups in total. The number of pyridine rings is 1. The number of hydrogen-bond donors (Lipinski definition) is 1. The van der Waals surface area contributed by atoms with Gasteiger partial charge in [-0.1, -0.05) is 6.92 Å². The zero-order valence-corrected chi connectivity index (χ0v) is 13.6. The van der Waals surface area contributed by atoms with Crippen molar-refractivity contribution >= 4 is 0 Å². The van der Waals surface area contributed by atoms with Crippen molar-refractivity contribution in [1.82, 2.24) is 10.3 Å². The lowest BCUT2D eigenvalue weighted by Gasteiger charge is -2.23. The van der Waals surface area contributed by atoms with Crippen LogP contribution < -0.4 is 10.1 Å². The largest absolute Gasteiger partial charge is 0.477 e. The van der Waals surface area contributed by atoms with Crippen molar-refractivity contribution in [3.63, 3.8) is 0 Å². The van der Waals surface area contributed by atoms with Gasteiger partial charge in [-0.2, -0.15) is 0 Å². The first-order valence-corrected chi connectivity index (χ1v) is 8.09. The van der Waals surface area contributed by atoms with Crippen LogP contribution in [0, 0.1) is 19.8 Å². The third-order valence-electron chi connectivity index (χ3n) is 3.96. The summed E-state index contributed by atoms with van der Waals surface area (Å²) in [7, 11) is 0. The molecule has 0 amide bonds. The van der Waals surface area contributed by atoms with Crippen molar-refractivity contribution in [1.29, 1.82) is 0 Å². The SMILES string of the molecule is CCCNCc1c(C)cc(C)nc1OCC1CCOCC1. The Kier molecular flexibility index (Phi) is 6.46. The van der Waals surface area contributed by atoms with Gasteiger partial charge in [-0.05, 0) is 57.2 Å². The predicted octanol–water partition coefficient (Wildman–Crippen LogP) is 3.00. The van der Waals surface area contributed by atoms with Gasteiger partial charge in [0.15, 0.2) is 0 Å². The van der Waals surface area contributed by atoms with Crippen molar-refractivity contribution in [2.75, 3.05) is 26.4 Å². The molecular formula is C17H28N2O2. The second-order valence-electron chi connectivity index (χ2n) is 5.91. The highest BCUT2D eigenvalue weighted by Crippen LogP contribution is 2.23. The Labute approximate surface area is 128 Å². The molecule has 4 heteroatoms. The van der Waals surface area contributed by atoms with Gasteiger partial charge in [0.05, 0.1) is 6.61 Å². The van der Waals surface area contributed by atoms with E-state index in [1.54, 1.807) is 0 Å². The Hall–Kier alpha value is -1.13. The monoisotopic (exact) mass is 292 g/mol. The lowest BCUT2D eigenvalue weighted by atomic mass is 10.0. The second kappa shape index (κ2) is 8.35. The Morgan fingerprint density at radius 2 is 2.10 bits per heavy atom. The molecule has 1 fully saturated rings. The number of nitrogens with one attached hydrogen (secondary N) is 1. The molecule has 118 valence electrons. The molecule has 0 unspecified atom stereocenters. The number of ether oxygens (including phenoxy) is 2. The van der Waals surface area contributed by atoms with Crippen molar-refractivity contribution in [2.45, 2.75) is 46.6 Å². The molecule has 1 aromatic heterocycles. The van der Waals surface area contributed by atoms with E-state index in [0.717, 1.165) is 63.7 Å². The lowest BCUT2D eigenvalue weighted by Crippen LogP contribution is -2.23. The molecule has 0 aliphatic carbocycles. The van der Waals surface area contributed by atoms with Crippen LogP contribution in [-0.4, -0.2) is 31.3 Å². The summed E-state index contributed by atoms with van der Waals surface area (Å²) in [5.41, 5.74) is 3.47. The van der Waals surface area contributed by atoms with E-state index in [-0.39, 0.29) is 0 Å². The van der Waals surface area contributed by atoms with E-state index in [0.29, 0.717) is 5.92 Å². The summed E-state index contributed by atoms with van der Waals surface area (Å²) in [6, 6.07) is 2.13. The van der Waals surface area contributed by atoms with E-state index in [1.165, 1.54) is 11.1 Å². The van der Waals surface area contributed by atoms with E-state index in [9.17, 15) is 0 Å². The second-order valence-corrected chi connectivity index (χ2v) is 5.91. The Bertz CT molecular complexity index is 443. The van der Waals surface area contributed by atoms with E-state index >= 15 is 0 Å².